The maximum Gasteiger partial charge on any atom is 0.335 e. The molecule has 5 aromatic rings. The van der Waals surface area contributed by atoms with E-state index >= 15 is 0 Å². The van der Waals surface area contributed by atoms with Gasteiger partial charge in [0.2, 0.25) is 0 Å². The number of nitrogens with two attached hydrogens (primary N) is 1. The molecule has 1 heterocycles. The Kier molecular flexibility index (Phi) is 8.54. The maximum absolute atomic E-state index is 14.4. The topological polar surface area (TPSA) is 121 Å². The van der Waals surface area contributed by atoms with Crippen LogP contribution in [0.2, 0.25) is 0 Å². The highest BCUT2D eigenvalue weighted by molar-refractivity contribution is 6.09. The molecule has 0 aliphatic heterocycles. The van der Waals surface area contributed by atoms with Crippen molar-refractivity contribution in [3.05, 3.63) is 131 Å². The van der Waals surface area contributed by atoms with Gasteiger partial charge in [-0.3, -0.25) is 4.79 Å². The van der Waals surface area contributed by atoms with Gasteiger partial charge < -0.3 is 24.9 Å². The smallest absolute Gasteiger partial charge is 0.335 e. The summed E-state index contributed by atoms with van der Waals surface area (Å²) in [6.45, 7) is 1.98. The molecule has 0 saturated heterocycles. The highest BCUT2D eigenvalue weighted by atomic mass is 16.5. The Balaban J connectivity index is 1.61. The number of benzene rings is 4. The molecular formula is C39H36N2O6. The molecule has 0 fully saturated rings. The van der Waals surface area contributed by atoms with Gasteiger partial charge in [0.05, 0.1) is 31.0 Å². The van der Waals surface area contributed by atoms with Gasteiger partial charge in [-0.25, -0.2) is 9.59 Å². The van der Waals surface area contributed by atoms with Gasteiger partial charge in [-0.15, -0.1) is 0 Å². The van der Waals surface area contributed by atoms with Crippen molar-refractivity contribution in [2.24, 2.45) is 5.73 Å². The van der Waals surface area contributed by atoms with Crippen LogP contribution in [0.3, 0.4) is 0 Å². The van der Waals surface area contributed by atoms with Gasteiger partial charge in [-0.1, -0.05) is 60.7 Å². The maximum atomic E-state index is 14.4. The number of carbonyl (C=O) groups is 3. The lowest BCUT2D eigenvalue weighted by Gasteiger charge is -2.28. The number of hydrogen-bond donors (Lipinski definition) is 2. The molecule has 4 aromatic carbocycles. The first kappa shape index (κ1) is 31.5. The Morgan fingerprint density at radius 2 is 1.51 bits per heavy atom. The molecule has 1 aliphatic carbocycles. The first-order valence-electron chi connectivity index (χ1n) is 15.5. The van der Waals surface area contributed by atoms with Gasteiger partial charge in [0, 0.05) is 28.6 Å². The number of methoxy groups -OCH3 is 2. The van der Waals surface area contributed by atoms with Crippen LogP contribution in [0.25, 0.3) is 27.6 Å². The summed E-state index contributed by atoms with van der Waals surface area (Å²) in [5, 5.41) is 10.7. The predicted molar refractivity (Wildman–Crippen MR) is 182 cm³/mol. The predicted octanol–water partition coefficient (Wildman–Crippen LogP) is 7.23. The molecule has 1 aliphatic rings. The summed E-state index contributed by atoms with van der Waals surface area (Å²) in [4.78, 5) is 39.6. The molecule has 6 rings (SSSR count). The minimum Gasteiger partial charge on any atom is -0.497 e. The second kappa shape index (κ2) is 12.7. The number of carboxylic acid groups (broad SMARTS) is 1. The van der Waals surface area contributed by atoms with Gasteiger partial charge in [0.25, 0.3) is 0 Å². The first-order chi connectivity index (χ1) is 22.6. The van der Waals surface area contributed by atoms with Crippen molar-refractivity contribution in [2.75, 3.05) is 14.2 Å². The fourth-order valence-corrected chi connectivity index (χ4v) is 6.63. The molecule has 0 bridgehead atoms. The average Bonchev–Trinajstić information content (AvgIpc) is 3.71. The number of esters is 1. The van der Waals surface area contributed by atoms with Crippen LogP contribution < -0.4 is 10.5 Å². The molecule has 8 nitrogen and oxygen atoms in total. The molecule has 8 heteroatoms. The number of hydrogen-bond acceptors (Lipinski definition) is 6. The lowest BCUT2D eigenvalue weighted by molar-refractivity contribution is -0.136. The van der Waals surface area contributed by atoms with E-state index in [9.17, 15) is 19.5 Å². The van der Waals surface area contributed by atoms with Crippen LogP contribution in [0, 0.1) is 0 Å². The molecule has 0 radical (unpaired) electrons. The molecule has 1 atom stereocenters. The number of nitrogens with zero attached hydrogens (tertiary/aromatic N) is 1. The number of ketones is 1. The third kappa shape index (κ3) is 5.84. The van der Waals surface area contributed by atoms with Crippen molar-refractivity contribution in [2.45, 2.75) is 38.3 Å². The van der Waals surface area contributed by atoms with E-state index in [-0.39, 0.29) is 11.3 Å². The zero-order valence-electron chi connectivity index (χ0n) is 26.6. The lowest BCUT2D eigenvalue weighted by atomic mass is 9.83. The van der Waals surface area contributed by atoms with Crippen molar-refractivity contribution < 1.29 is 29.0 Å². The largest absolute Gasteiger partial charge is 0.497 e. The first-order valence-corrected chi connectivity index (χ1v) is 15.5. The molecule has 0 amide bonds. The van der Waals surface area contributed by atoms with Crippen LogP contribution >= 0.6 is 0 Å². The van der Waals surface area contributed by atoms with Crippen molar-refractivity contribution in [3.63, 3.8) is 0 Å². The SMILES string of the molecule is COC(=O)C1=C(c2c(C(C)(N)C(=O)c3ccc(OC)cc3)n(Cc3ccc(-c4ccccc4)cc3)c3cc(C(=O)O)ccc23)CCC1. The quantitative estimate of drug-likeness (QED) is 0.124. The van der Waals surface area contributed by atoms with Gasteiger partial charge in [0.15, 0.2) is 5.78 Å². The number of Topliss-reactive ketones (excluding diaryl/α,β-unsaturated/α-hetero) is 1. The van der Waals surface area contributed by atoms with E-state index in [1.54, 1.807) is 56.5 Å². The molecule has 0 spiro atoms. The number of aromatic carboxylic acids is 1. The number of fused-ring (bicyclic) bond motifs is 1. The molecule has 1 aromatic heterocycles. The van der Waals surface area contributed by atoms with Crippen LogP contribution in [-0.2, 0) is 21.6 Å². The number of aromatic nitrogens is 1. The van der Waals surface area contributed by atoms with Gasteiger partial charge in [-0.05, 0) is 84.8 Å². The normalized spacial score (nSPS) is 14.2. The fourth-order valence-electron chi connectivity index (χ4n) is 6.63. The summed E-state index contributed by atoms with van der Waals surface area (Å²) < 4.78 is 12.4. The van der Waals surface area contributed by atoms with Crippen LogP contribution in [0.4, 0.5) is 0 Å². The molecule has 0 saturated carbocycles. The van der Waals surface area contributed by atoms with E-state index in [4.69, 9.17) is 15.2 Å². The molecule has 1 unspecified atom stereocenters. The highest BCUT2D eigenvalue weighted by Crippen LogP contribution is 2.45. The summed E-state index contributed by atoms with van der Waals surface area (Å²) >= 11 is 0. The minimum atomic E-state index is -1.59. The fraction of sp³-hybridized carbons (Fsp3) is 0.205. The summed E-state index contributed by atoms with van der Waals surface area (Å²) in [6.07, 6.45) is 1.83. The van der Waals surface area contributed by atoms with E-state index in [1.165, 1.54) is 7.11 Å². The highest BCUT2D eigenvalue weighted by Gasteiger charge is 2.40. The zero-order chi connectivity index (χ0) is 33.3. The van der Waals surface area contributed by atoms with E-state index < -0.39 is 17.5 Å². The van der Waals surface area contributed by atoms with Gasteiger partial charge in [-0.2, -0.15) is 0 Å². The van der Waals surface area contributed by atoms with E-state index in [0.29, 0.717) is 58.4 Å². The second-order valence-electron chi connectivity index (χ2n) is 12.0. The van der Waals surface area contributed by atoms with Crippen LogP contribution in [0.15, 0.2) is 103 Å². The Morgan fingerprint density at radius 3 is 2.15 bits per heavy atom. The third-order valence-electron chi connectivity index (χ3n) is 8.98. The van der Waals surface area contributed by atoms with E-state index in [0.717, 1.165) is 28.7 Å². The summed E-state index contributed by atoms with van der Waals surface area (Å²) in [5.41, 5.74) is 12.2. The Bertz CT molecular complexity index is 2020. The molecule has 238 valence electrons. The Morgan fingerprint density at radius 1 is 0.851 bits per heavy atom. The van der Waals surface area contributed by atoms with Gasteiger partial charge >= 0.3 is 11.9 Å². The van der Waals surface area contributed by atoms with Crippen LogP contribution in [0.1, 0.15) is 63.7 Å². The van der Waals surface area contributed by atoms with Crippen molar-refractivity contribution in [1.29, 1.82) is 0 Å². The number of rotatable bonds is 10. The molecule has 3 N–H and O–H groups in total. The zero-order valence-corrected chi connectivity index (χ0v) is 26.6. The average molecular weight is 629 g/mol. The number of allylic oxidation sites excluding steroid dienone is 1. The third-order valence-corrected chi connectivity index (χ3v) is 8.98. The number of ether oxygens (including phenoxy) is 2. The number of carboxylic acids is 1. The number of carbonyl (C=O) groups excluding carboxylic acids is 2. The summed E-state index contributed by atoms with van der Waals surface area (Å²) in [7, 11) is 2.91. The lowest BCUT2D eigenvalue weighted by Crippen LogP contribution is -2.44. The van der Waals surface area contributed by atoms with Crippen molar-refractivity contribution in [1.82, 2.24) is 4.57 Å². The van der Waals surface area contributed by atoms with Crippen molar-refractivity contribution in [3.8, 4) is 16.9 Å². The van der Waals surface area contributed by atoms with Crippen LogP contribution in [0.5, 0.6) is 5.75 Å². The standard InChI is InChI=1S/C39H36N2O6/c1-39(40,36(42)27-16-19-29(46-2)20-17-27)35-34(30-10-7-11-31(30)38(45)47-3)32-21-18-28(37(43)44)22-33(32)41(35)23-24-12-14-26(15-13-24)25-8-5-4-6-9-25/h4-6,8-9,12-22H,7,10-11,23,40H2,1-3H3,(H,43,44). The summed E-state index contributed by atoms with van der Waals surface area (Å²) in [6, 6.07) is 29.9. The Labute approximate surface area is 273 Å². The minimum absolute atomic E-state index is 0.0996. The van der Waals surface area contributed by atoms with E-state index in [1.807, 2.05) is 59.2 Å². The monoisotopic (exact) mass is 628 g/mol. The molecular weight excluding hydrogens is 592 g/mol. The van der Waals surface area contributed by atoms with Crippen LogP contribution in [-0.4, -0.2) is 41.6 Å². The van der Waals surface area contributed by atoms with Crippen molar-refractivity contribution >= 4 is 34.2 Å². The van der Waals surface area contributed by atoms with E-state index in [2.05, 4.69) is 0 Å². The molecule has 47 heavy (non-hydrogen) atoms. The summed E-state index contributed by atoms with van der Waals surface area (Å²) in [5.74, 6) is -1.23. The van der Waals surface area contributed by atoms with Gasteiger partial charge in [0.1, 0.15) is 11.3 Å². The second-order valence-corrected chi connectivity index (χ2v) is 12.0. The Hall–Kier alpha value is -5.47.